The van der Waals surface area contributed by atoms with Gasteiger partial charge in [0.15, 0.2) is 0 Å². The van der Waals surface area contributed by atoms with Crippen molar-refractivity contribution in [1.82, 2.24) is 4.98 Å². The zero-order chi connectivity index (χ0) is 20.9. The van der Waals surface area contributed by atoms with Gasteiger partial charge in [-0.2, -0.15) is 5.26 Å². The summed E-state index contributed by atoms with van der Waals surface area (Å²) < 4.78 is 0. The summed E-state index contributed by atoms with van der Waals surface area (Å²) in [6.07, 6.45) is 3.64. The van der Waals surface area contributed by atoms with Crippen molar-refractivity contribution < 1.29 is 4.79 Å². The van der Waals surface area contributed by atoms with Gasteiger partial charge in [0, 0.05) is 17.1 Å². The fourth-order valence-corrected chi connectivity index (χ4v) is 4.80. The number of aromatic nitrogens is 1. The van der Waals surface area contributed by atoms with Crippen LogP contribution in [0, 0.1) is 11.3 Å². The monoisotopic (exact) mass is 413 g/mol. The quantitative estimate of drug-likeness (QED) is 0.488. The molecule has 0 saturated carbocycles. The third-order valence-corrected chi connectivity index (χ3v) is 6.64. The van der Waals surface area contributed by atoms with E-state index in [1.165, 1.54) is 17.3 Å². The first-order valence-electron chi connectivity index (χ1n) is 10.2. The highest BCUT2D eigenvalue weighted by Crippen LogP contribution is 2.34. The second kappa shape index (κ2) is 9.15. The molecule has 0 saturated heterocycles. The van der Waals surface area contributed by atoms with Crippen molar-refractivity contribution in [2.45, 2.75) is 42.9 Å². The molecule has 4 rings (SSSR count). The summed E-state index contributed by atoms with van der Waals surface area (Å²) in [5, 5.41) is 9.96. The standard InChI is InChI=1S/C25H23N3OS/c1-2-23(30-24-19(17-26)16-18-10-9-15-22(18)27-24)25(29)28(20-11-5-3-6-12-20)21-13-7-4-8-14-21/h3-8,11-14,16,23H,2,9-10,15H2,1H3. The Morgan fingerprint density at radius 2 is 1.73 bits per heavy atom. The molecule has 1 aromatic heterocycles. The van der Waals surface area contributed by atoms with E-state index in [1.54, 1.807) is 4.90 Å². The Morgan fingerprint density at radius 1 is 1.10 bits per heavy atom. The lowest BCUT2D eigenvalue weighted by molar-refractivity contribution is -0.117. The molecule has 3 aromatic rings. The first-order chi connectivity index (χ1) is 14.7. The summed E-state index contributed by atoms with van der Waals surface area (Å²) in [5.74, 6) is -0.00825. The van der Waals surface area contributed by atoms with Gasteiger partial charge in [-0.25, -0.2) is 4.98 Å². The molecule has 0 spiro atoms. The van der Waals surface area contributed by atoms with Crippen molar-refractivity contribution in [3.05, 3.63) is 83.6 Å². The first kappa shape index (κ1) is 20.2. The number of anilines is 2. The average Bonchev–Trinajstić information content (AvgIpc) is 3.25. The Hall–Kier alpha value is -3.10. The van der Waals surface area contributed by atoms with Crippen LogP contribution in [0.2, 0.25) is 0 Å². The molecule has 1 unspecified atom stereocenters. The van der Waals surface area contributed by atoms with Crippen molar-refractivity contribution in [3.63, 3.8) is 0 Å². The number of rotatable bonds is 6. The molecule has 5 heteroatoms. The van der Waals surface area contributed by atoms with E-state index in [0.717, 1.165) is 36.3 Å². The number of thioether (sulfide) groups is 1. The maximum absolute atomic E-state index is 13.7. The van der Waals surface area contributed by atoms with Crippen LogP contribution < -0.4 is 4.90 Å². The number of amides is 1. The Labute approximate surface area is 181 Å². The van der Waals surface area contributed by atoms with Crippen LogP contribution in [0.5, 0.6) is 0 Å². The summed E-state index contributed by atoms with van der Waals surface area (Å²) >= 11 is 1.41. The highest BCUT2D eigenvalue weighted by molar-refractivity contribution is 8.00. The number of carbonyl (C=O) groups excluding carboxylic acids is 1. The fourth-order valence-electron chi connectivity index (χ4n) is 3.77. The number of aryl methyl sites for hydroxylation is 2. The van der Waals surface area contributed by atoms with Crippen molar-refractivity contribution in [2.75, 3.05) is 4.90 Å². The Balaban J connectivity index is 1.68. The van der Waals surface area contributed by atoms with Gasteiger partial charge in [-0.3, -0.25) is 9.69 Å². The van der Waals surface area contributed by atoms with Gasteiger partial charge in [-0.15, -0.1) is 0 Å². The summed E-state index contributed by atoms with van der Waals surface area (Å²) in [6.45, 7) is 2.00. The maximum Gasteiger partial charge on any atom is 0.245 e. The first-order valence-corrected chi connectivity index (χ1v) is 11.1. The molecule has 30 heavy (non-hydrogen) atoms. The Kier molecular flexibility index (Phi) is 6.15. The van der Waals surface area contributed by atoms with Crippen LogP contribution in [0.25, 0.3) is 0 Å². The minimum atomic E-state index is -0.343. The van der Waals surface area contributed by atoms with E-state index < -0.39 is 0 Å². The van der Waals surface area contributed by atoms with Crippen LogP contribution >= 0.6 is 11.8 Å². The summed E-state index contributed by atoms with van der Waals surface area (Å²) in [7, 11) is 0. The second-order valence-electron chi connectivity index (χ2n) is 7.27. The molecule has 1 atom stereocenters. The van der Waals surface area contributed by atoms with Crippen molar-refractivity contribution >= 4 is 29.0 Å². The highest BCUT2D eigenvalue weighted by atomic mass is 32.2. The highest BCUT2D eigenvalue weighted by Gasteiger charge is 2.28. The van der Waals surface area contributed by atoms with Gasteiger partial charge in [0.2, 0.25) is 5.91 Å². The van der Waals surface area contributed by atoms with Crippen LogP contribution in [-0.2, 0) is 17.6 Å². The van der Waals surface area contributed by atoms with Gasteiger partial charge in [0.25, 0.3) is 0 Å². The zero-order valence-electron chi connectivity index (χ0n) is 16.9. The van der Waals surface area contributed by atoms with Crippen molar-refractivity contribution in [2.24, 2.45) is 0 Å². The van der Waals surface area contributed by atoms with Gasteiger partial charge < -0.3 is 0 Å². The molecule has 2 aromatic carbocycles. The van der Waals surface area contributed by atoms with Crippen LogP contribution in [0.3, 0.4) is 0 Å². The largest absolute Gasteiger partial charge is 0.280 e. The van der Waals surface area contributed by atoms with Gasteiger partial charge in [-0.05, 0) is 61.6 Å². The number of carbonyl (C=O) groups is 1. The molecule has 0 N–H and O–H groups in total. The number of fused-ring (bicyclic) bond motifs is 1. The number of para-hydroxylation sites is 2. The number of nitriles is 1. The molecule has 1 amide bonds. The maximum atomic E-state index is 13.7. The number of hydrogen-bond acceptors (Lipinski definition) is 4. The second-order valence-corrected chi connectivity index (χ2v) is 8.46. The normalized spacial score (nSPS) is 13.3. The van der Waals surface area contributed by atoms with E-state index in [9.17, 15) is 10.1 Å². The van der Waals surface area contributed by atoms with Gasteiger partial charge >= 0.3 is 0 Å². The number of hydrogen-bond donors (Lipinski definition) is 0. The topological polar surface area (TPSA) is 57.0 Å². The molecule has 1 aliphatic rings. The van der Waals surface area contributed by atoms with E-state index in [-0.39, 0.29) is 11.2 Å². The Morgan fingerprint density at radius 3 is 2.30 bits per heavy atom. The van der Waals surface area contributed by atoms with E-state index in [1.807, 2.05) is 73.7 Å². The summed E-state index contributed by atoms with van der Waals surface area (Å²) in [6, 6.07) is 23.6. The van der Waals surface area contributed by atoms with Crippen LogP contribution in [0.4, 0.5) is 11.4 Å². The molecule has 0 aliphatic heterocycles. The molecular formula is C25H23N3OS. The number of nitrogens with zero attached hydrogens (tertiary/aromatic N) is 3. The minimum Gasteiger partial charge on any atom is -0.280 e. The van der Waals surface area contributed by atoms with E-state index in [0.29, 0.717) is 17.0 Å². The van der Waals surface area contributed by atoms with E-state index in [4.69, 9.17) is 4.98 Å². The number of pyridine rings is 1. The molecule has 1 heterocycles. The molecular weight excluding hydrogens is 390 g/mol. The zero-order valence-corrected chi connectivity index (χ0v) is 17.7. The smallest absolute Gasteiger partial charge is 0.245 e. The van der Waals surface area contributed by atoms with Crippen molar-refractivity contribution in [1.29, 1.82) is 5.26 Å². The average molecular weight is 414 g/mol. The predicted octanol–water partition coefficient (Wildman–Crippen LogP) is 5.68. The SMILES string of the molecule is CCC(Sc1nc2c(cc1C#N)CCC2)C(=O)N(c1ccccc1)c1ccccc1. The molecule has 0 radical (unpaired) electrons. The van der Waals surface area contributed by atoms with Gasteiger partial charge in [-0.1, -0.05) is 55.1 Å². The molecule has 4 nitrogen and oxygen atoms in total. The van der Waals surface area contributed by atoms with Gasteiger partial charge in [0.1, 0.15) is 11.1 Å². The summed E-state index contributed by atoms with van der Waals surface area (Å²) in [4.78, 5) is 20.2. The number of benzene rings is 2. The summed E-state index contributed by atoms with van der Waals surface area (Å²) in [5.41, 5.74) is 4.47. The minimum absolute atomic E-state index is 0.00825. The molecule has 0 bridgehead atoms. The third-order valence-electron chi connectivity index (χ3n) is 5.29. The van der Waals surface area contributed by atoms with Crippen LogP contribution in [0.15, 0.2) is 71.8 Å². The predicted molar refractivity (Wildman–Crippen MR) is 121 cm³/mol. The van der Waals surface area contributed by atoms with E-state index >= 15 is 0 Å². The lowest BCUT2D eigenvalue weighted by Gasteiger charge is -2.27. The molecule has 0 fully saturated rings. The third kappa shape index (κ3) is 4.10. The lowest BCUT2D eigenvalue weighted by Crippen LogP contribution is -2.34. The molecule has 1 aliphatic carbocycles. The van der Waals surface area contributed by atoms with E-state index in [2.05, 4.69) is 6.07 Å². The van der Waals surface area contributed by atoms with Crippen LogP contribution in [0.1, 0.15) is 36.6 Å². The Bertz CT molecular complexity index is 1040. The lowest BCUT2D eigenvalue weighted by atomic mass is 10.2. The molecule has 150 valence electrons. The van der Waals surface area contributed by atoms with Crippen molar-refractivity contribution in [3.8, 4) is 6.07 Å². The van der Waals surface area contributed by atoms with Crippen LogP contribution in [-0.4, -0.2) is 16.1 Å². The van der Waals surface area contributed by atoms with Gasteiger partial charge in [0.05, 0.1) is 10.8 Å². The fraction of sp³-hybridized carbons (Fsp3) is 0.240.